The first-order valence-corrected chi connectivity index (χ1v) is 11.5. The van der Waals surface area contributed by atoms with Crippen LogP contribution in [0, 0.1) is 0 Å². The summed E-state index contributed by atoms with van der Waals surface area (Å²) in [5.41, 5.74) is 1.73. The zero-order valence-corrected chi connectivity index (χ0v) is 18.0. The van der Waals surface area contributed by atoms with E-state index in [0.717, 1.165) is 17.3 Å². The topological polar surface area (TPSA) is 103 Å². The molecule has 1 fully saturated rings. The van der Waals surface area contributed by atoms with Gasteiger partial charge >= 0.3 is 15.6 Å². The second-order valence-electron chi connectivity index (χ2n) is 7.95. The van der Waals surface area contributed by atoms with Crippen LogP contribution in [0.5, 0.6) is 17.2 Å². The van der Waals surface area contributed by atoms with Crippen molar-refractivity contribution in [2.75, 3.05) is 37.7 Å². The number of anilines is 1. The summed E-state index contributed by atoms with van der Waals surface area (Å²) in [6.45, 7) is 2.94. The molecule has 0 saturated carbocycles. The van der Waals surface area contributed by atoms with Crippen molar-refractivity contribution in [3.8, 4) is 17.2 Å². The van der Waals surface area contributed by atoms with Gasteiger partial charge in [0.15, 0.2) is 0 Å². The third-order valence-corrected chi connectivity index (χ3v) is 6.91. The smallest absolute Gasteiger partial charge is 0.457 e. The molecule has 3 N–H and O–H groups in total. The lowest BCUT2D eigenvalue weighted by molar-refractivity contribution is -0.0500. The number of nitrogens with zero attached hydrogens (tertiary/aromatic N) is 1. The van der Waals surface area contributed by atoms with Gasteiger partial charge in [0.2, 0.25) is 0 Å². The summed E-state index contributed by atoms with van der Waals surface area (Å²) in [6.07, 6.45) is 1.76. The molecule has 0 amide bonds. The molecule has 5 rings (SSSR count). The minimum Gasteiger partial charge on any atom is -0.457 e. The van der Waals surface area contributed by atoms with Gasteiger partial charge in [-0.2, -0.15) is 21.6 Å². The van der Waals surface area contributed by atoms with Crippen molar-refractivity contribution in [1.29, 1.82) is 0 Å². The number of alkyl halides is 3. The first kappa shape index (κ1) is 21.7. The molecular weight excluding hydrogens is 463 g/mol. The van der Waals surface area contributed by atoms with E-state index in [0.29, 0.717) is 55.7 Å². The molecule has 2 aromatic rings. The third kappa shape index (κ3) is 3.62. The fraction of sp³-hybridized carbons (Fsp3) is 0.333. The highest BCUT2D eigenvalue weighted by Gasteiger charge is 2.49. The quantitative estimate of drug-likeness (QED) is 0.507. The summed E-state index contributed by atoms with van der Waals surface area (Å²) in [5, 5.41) is 3.06. The minimum absolute atomic E-state index is 0.310. The lowest BCUT2D eigenvalue weighted by atomic mass is 9.73. The van der Waals surface area contributed by atoms with Crippen LogP contribution in [0.4, 0.5) is 18.9 Å². The van der Waals surface area contributed by atoms with E-state index in [2.05, 4.69) is 14.4 Å². The molecule has 1 spiro atoms. The minimum atomic E-state index is -5.82. The maximum Gasteiger partial charge on any atom is 0.534 e. The van der Waals surface area contributed by atoms with E-state index in [1.807, 2.05) is 18.2 Å². The van der Waals surface area contributed by atoms with E-state index < -0.39 is 26.8 Å². The van der Waals surface area contributed by atoms with Gasteiger partial charge in [0.25, 0.3) is 0 Å². The Morgan fingerprint density at radius 3 is 2.36 bits per heavy atom. The fourth-order valence-electron chi connectivity index (χ4n) is 4.36. The van der Waals surface area contributed by atoms with Gasteiger partial charge in [-0.25, -0.2) is 0 Å². The van der Waals surface area contributed by atoms with Crippen LogP contribution >= 0.6 is 0 Å². The Balaban J connectivity index is 1.61. The highest BCUT2D eigenvalue weighted by Crippen LogP contribution is 2.52. The van der Waals surface area contributed by atoms with Crippen molar-refractivity contribution >= 4 is 15.8 Å². The van der Waals surface area contributed by atoms with Crippen molar-refractivity contribution in [3.63, 3.8) is 0 Å². The zero-order chi connectivity index (χ0) is 23.4. The van der Waals surface area contributed by atoms with Gasteiger partial charge in [-0.3, -0.25) is 0 Å². The van der Waals surface area contributed by atoms with E-state index in [1.54, 1.807) is 6.08 Å². The average molecular weight is 483 g/mol. The second-order valence-corrected chi connectivity index (χ2v) is 9.49. The molecule has 0 aliphatic carbocycles. The molecule has 2 aromatic carbocycles. The molecule has 0 bridgehead atoms. The Morgan fingerprint density at radius 2 is 1.73 bits per heavy atom. The molecule has 0 unspecified atom stereocenters. The molecule has 1 atom stereocenters. The van der Waals surface area contributed by atoms with Crippen molar-refractivity contribution in [1.82, 2.24) is 5.32 Å². The van der Waals surface area contributed by atoms with Gasteiger partial charge in [0.1, 0.15) is 17.2 Å². The molecule has 1 saturated heterocycles. The van der Waals surface area contributed by atoms with E-state index in [1.165, 1.54) is 12.1 Å². The predicted molar refractivity (Wildman–Crippen MR) is 113 cm³/mol. The number of halogens is 3. The average Bonchev–Trinajstić information content (AvgIpc) is 3.16. The van der Waals surface area contributed by atoms with E-state index in [-0.39, 0.29) is 0 Å². The normalized spacial score (nSPS) is 22.2. The van der Waals surface area contributed by atoms with Gasteiger partial charge in [0, 0.05) is 36.4 Å². The summed E-state index contributed by atoms with van der Waals surface area (Å²) in [4.78, 5) is 2.16. The van der Waals surface area contributed by atoms with Crippen molar-refractivity contribution in [2.45, 2.75) is 10.9 Å². The first-order chi connectivity index (χ1) is 15.6. The van der Waals surface area contributed by atoms with Gasteiger partial charge in [-0.15, -0.1) is 0 Å². The van der Waals surface area contributed by atoms with Crippen molar-refractivity contribution < 1.29 is 35.2 Å². The predicted octanol–water partition coefficient (Wildman–Crippen LogP) is 2.55. The highest BCUT2D eigenvalue weighted by atomic mass is 32.2. The highest BCUT2D eigenvalue weighted by molar-refractivity contribution is 7.88. The summed E-state index contributed by atoms with van der Waals surface area (Å²) >= 11 is 0. The molecule has 33 heavy (non-hydrogen) atoms. The molecule has 176 valence electrons. The standard InChI is InChI=1S/C21H20F3N3O5S/c22-21(23,24)33(28,29)32-14-2-4-18-16(10-14)20(11-19(25)26-12-20)15-9-13(1-3-17(15)31-18)27-5-7-30-8-6-27/h1-4,9-11,26H,5-8,12,25H2/t20-/m1/s1. The summed E-state index contributed by atoms with van der Waals surface area (Å²) in [5.74, 6) is 0.857. The molecule has 8 nitrogen and oxygen atoms in total. The van der Waals surface area contributed by atoms with Crippen molar-refractivity contribution in [3.05, 3.63) is 59.4 Å². The Labute approximate surface area is 187 Å². The number of nitrogens with two attached hydrogens (primary N) is 1. The maximum absolute atomic E-state index is 12.8. The molecular formula is C21H20F3N3O5S. The molecule has 0 aromatic heterocycles. The lowest BCUT2D eigenvalue weighted by Crippen LogP contribution is -2.37. The van der Waals surface area contributed by atoms with Gasteiger partial charge in [-0.1, -0.05) is 0 Å². The number of hydrogen-bond acceptors (Lipinski definition) is 8. The van der Waals surface area contributed by atoms with E-state index >= 15 is 0 Å². The van der Waals surface area contributed by atoms with Crippen LogP contribution in [0.15, 0.2) is 48.3 Å². The number of ether oxygens (including phenoxy) is 2. The molecule has 12 heteroatoms. The number of benzene rings is 2. The molecule has 0 radical (unpaired) electrons. The van der Waals surface area contributed by atoms with Gasteiger partial charge in [-0.05, 0) is 42.5 Å². The molecule has 3 aliphatic rings. The number of rotatable bonds is 3. The second kappa shape index (κ2) is 7.45. The largest absolute Gasteiger partial charge is 0.534 e. The zero-order valence-electron chi connectivity index (χ0n) is 17.2. The van der Waals surface area contributed by atoms with E-state index in [4.69, 9.17) is 15.2 Å². The summed E-state index contributed by atoms with van der Waals surface area (Å²) in [7, 11) is -5.82. The fourth-order valence-corrected chi connectivity index (χ4v) is 4.82. The van der Waals surface area contributed by atoms with Gasteiger partial charge < -0.3 is 29.6 Å². The van der Waals surface area contributed by atoms with Crippen LogP contribution in [0.1, 0.15) is 11.1 Å². The Kier molecular flexibility index (Phi) is 4.90. The monoisotopic (exact) mass is 483 g/mol. The van der Waals surface area contributed by atoms with Crippen LogP contribution < -0.4 is 24.9 Å². The number of nitrogens with one attached hydrogen (secondary N) is 1. The summed E-state index contributed by atoms with van der Waals surface area (Å²) in [6, 6.07) is 9.50. The Hall–Kier alpha value is -3.12. The van der Waals surface area contributed by atoms with Crippen molar-refractivity contribution in [2.24, 2.45) is 5.73 Å². The maximum atomic E-state index is 12.8. The number of hydrogen-bond donors (Lipinski definition) is 2. The molecule has 3 heterocycles. The first-order valence-electron chi connectivity index (χ1n) is 10.1. The van der Waals surface area contributed by atoms with Crippen LogP contribution in [-0.4, -0.2) is 46.8 Å². The SMILES string of the molecule is NC1=C[C@]2(CN1)c1cc(OS(=O)(=O)C(F)(F)F)ccc1Oc1ccc(N3CCOCC3)cc12. The Morgan fingerprint density at radius 1 is 1.06 bits per heavy atom. The summed E-state index contributed by atoms with van der Waals surface area (Å²) < 4.78 is 77.4. The molecule has 3 aliphatic heterocycles. The third-order valence-electron chi connectivity index (χ3n) is 5.93. The van der Waals surface area contributed by atoms with E-state index in [9.17, 15) is 21.6 Å². The van der Waals surface area contributed by atoms with Crippen LogP contribution in [0.25, 0.3) is 0 Å². The van der Waals surface area contributed by atoms with Crippen LogP contribution in [0.2, 0.25) is 0 Å². The lowest BCUT2D eigenvalue weighted by Gasteiger charge is -2.37. The number of fused-ring (bicyclic) bond motifs is 4. The van der Waals surface area contributed by atoms with Crippen LogP contribution in [-0.2, 0) is 20.3 Å². The van der Waals surface area contributed by atoms with Gasteiger partial charge in [0.05, 0.1) is 24.4 Å². The van der Waals surface area contributed by atoms with Crippen LogP contribution in [0.3, 0.4) is 0 Å². The number of morpholine rings is 1. The Bertz CT molecular complexity index is 1240.